The minimum absolute atomic E-state index is 0.480. The quantitative estimate of drug-likeness (QED) is 0.843. The number of carboxylic acid groups (broad SMARTS) is 1. The topological polar surface area (TPSA) is 40.5 Å². The Labute approximate surface area is 111 Å². The Morgan fingerprint density at radius 1 is 1.11 bits per heavy atom. The average molecular weight is 253 g/mol. The molecule has 1 heterocycles. The largest absolute Gasteiger partial charge is 0.465 e. The van der Waals surface area contributed by atoms with Crippen molar-refractivity contribution in [3.63, 3.8) is 0 Å². The minimum Gasteiger partial charge on any atom is -0.465 e. The third-order valence-electron chi connectivity index (χ3n) is 3.62. The number of hydrogen-bond acceptors (Lipinski definition) is 1. The van der Waals surface area contributed by atoms with Crippen LogP contribution in [-0.4, -0.2) is 29.2 Å². The van der Waals surface area contributed by atoms with Crippen molar-refractivity contribution >= 4 is 22.4 Å². The van der Waals surface area contributed by atoms with Crippen molar-refractivity contribution in [1.29, 1.82) is 0 Å². The monoisotopic (exact) mass is 253 g/mol. The Morgan fingerprint density at radius 3 is 2.63 bits per heavy atom. The standard InChI is InChI=1S/C16H15NO2/c18-16(19)17-10-8-13(9-11-17)15-7-3-5-12-4-1-2-6-14(12)15/h1-8H,9-11H2,(H,18,19). The maximum absolute atomic E-state index is 10.9. The number of rotatable bonds is 1. The molecule has 2 aromatic carbocycles. The van der Waals surface area contributed by atoms with E-state index in [9.17, 15) is 4.79 Å². The highest BCUT2D eigenvalue weighted by atomic mass is 16.4. The van der Waals surface area contributed by atoms with Gasteiger partial charge in [-0.3, -0.25) is 0 Å². The number of carbonyl (C=O) groups is 1. The summed E-state index contributed by atoms with van der Waals surface area (Å²) in [7, 11) is 0. The second-order valence-electron chi connectivity index (χ2n) is 4.73. The first kappa shape index (κ1) is 11.8. The van der Waals surface area contributed by atoms with Crippen LogP contribution in [0.5, 0.6) is 0 Å². The van der Waals surface area contributed by atoms with Crippen LogP contribution in [-0.2, 0) is 0 Å². The molecular formula is C16H15NO2. The zero-order valence-electron chi connectivity index (χ0n) is 10.5. The molecule has 0 atom stereocenters. The molecule has 96 valence electrons. The SMILES string of the molecule is O=C(O)N1CC=C(c2cccc3ccccc23)CC1. The summed E-state index contributed by atoms with van der Waals surface area (Å²) in [6, 6.07) is 14.6. The van der Waals surface area contributed by atoms with Gasteiger partial charge in [0.2, 0.25) is 0 Å². The average Bonchev–Trinajstić information content (AvgIpc) is 2.47. The van der Waals surface area contributed by atoms with Gasteiger partial charge < -0.3 is 10.0 Å². The van der Waals surface area contributed by atoms with Gasteiger partial charge >= 0.3 is 6.09 Å². The summed E-state index contributed by atoms with van der Waals surface area (Å²) >= 11 is 0. The summed E-state index contributed by atoms with van der Waals surface area (Å²) in [5.74, 6) is 0. The van der Waals surface area contributed by atoms with Gasteiger partial charge in [0, 0.05) is 13.1 Å². The van der Waals surface area contributed by atoms with Gasteiger partial charge in [0.15, 0.2) is 0 Å². The molecule has 0 unspecified atom stereocenters. The van der Waals surface area contributed by atoms with Gasteiger partial charge in [-0.1, -0.05) is 48.5 Å². The third kappa shape index (κ3) is 2.19. The molecule has 3 rings (SSSR count). The van der Waals surface area contributed by atoms with E-state index < -0.39 is 6.09 Å². The smallest absolute Gasteiger partial charge is 0.407 e. The molecule has 3 nitrogen and oxygen atoms in total. The normalized spacial score (nSPS) is 15.4. The fraction of sp³-hybridized carbons (Fsp3) is 0.188. The first-order valence-corrected chi connectivity index (χ1v) is 6.41. The minimum atomic E-state index is -0.840. The van der Waals surface area contributed by atoms with Gasteiger partial charge in [0.25, 0.3) is 0 Å². The van der Waals surface area contributed by atoms with E-state index in [1.807, 2.05) is 18.2 Å². The van der Waals surface area contributed by atoms with Crippen molar-refractivity contribution in [3.05, 3.63) is 54.1 Å². The van der Waals surface area contributed by atoms with Crippen LogP contribution in [0.4, 0.5) is 4.79 Å². The van der Waals surface area contributed by atoms with E-state index in [-0.39, 0.29) is 0 Å². The molecule has 2 aromatic rings. The lowest BCUT2D eigenvalue weighted by Gasteiger charge is -2.24. The second kappa shape index (κ2) is 4.76. The van der Waals surface area contributed by atoms with Gasteiger partial charge in [-0.05, 0) is 28.3 Å². The van der Waals surface area contributed by atoms with E-state index in [2.05, 4.69) is 30.3 Å². The number of nitrogens with zero attached hydrogens (tertiary/aromatic N) is 1. The molecule has 0 radical (unpaired) electrons. The van der Waals surface area contributed by atoms with Gasteiger partial charge in [-0.2, -0.15) is 0 Å². The fourth-order valence-corrected chi connectivity index (χ4v) is 2.59. The molecule has 1 N–H and O–H groups in total. The number of benzene rings is 2. The van der Waals surface area contributed by atoms with E-state index in [0.29, 0.717) is 13.1 Å². The Kier molecular flexibility index (Phi) is 2.95. The zero-order valence-corrected chi connectivity index (χ0v) is 10.5. The first-order chi connectivity index (χ1) is 9.25. The van der Waals surface area contributed by atoms with Gasteiger partial charge in [0.1, 0.15) is 0 Å². The Balaban J connectivity index is 2.00. The van der Waals surface area contributed by atoms with Crippen LogP contribution in [0.25, 0.3) is 16.3 Å². The van der Waals surface area contributed by atoms with Crippen molar-refractivity contribution in [2.45, 2.75) is 6.42 Å². The molecule has 0 bridgehead atoms. The summed E-state index contributed by atoms with van der Waals surface area (Å²) in [5.41, 5.74) is 2.47. The number of hydrogen-bond donors (Lipinski definition) is 1. The van der Waals surface area contributed by atoms with Crippen LogP contribution >= 0.6 is 0 Å². The van der Waals surface area contributed by atoms with Crippen molar-refractivity contribution in [2.24, 2.45) is 0 Å². The molecule has 1 amide bonds. The molecule has 0 aromatic heterocycles. The van der Waals surface area contributed by atoms with E-state index in [1.54, 1.807) is 0 Å². The fourth-order valence-electron chi connectivity index (χ4n) is 2.59. The van der Waals surface area contributed by atoms with E-state index in [4.69, 9.17) is 5.11 Å². The molecule has 1 aliphatic heterocycles. The van der Waals surface area contributed by atoms with Crippen LogP contribution in [0.3, 0.4) is 0 Å². The summed E-state index contributed by atoms with van der Waals surface area (Å²) < 4.78 is 0. The van der Waals surface area contributed by atoms with Crippen molar-refractivity contribution in [1.82, 2.24) is 4.90 Å². The molecule has 0 spiro atoms. The molecule has 0 fully saturated rings. The Bertz CT molecular complexity index is 655. The highest BCUT2D eigenvalue weighted by Gasteiger charge is 2.17. The molecule has 3 heteroatoms. The zero-order chi connectivity index (χ0) is 13.2. The summed E-state index contributed by atoms with van der Waals surface area (Å²) in [5, 5.41) is 11.4. The van der Waals surface area contributed by atoms with Crippen LogP contribution in [0.15, 0.2) is 48.5 Å². The first-order valence-electron chi connectivity index (χ1n) is 6.41. The van der Waals surface area contributed by atoms with E-state index in [1.165, 1.54) is 26.8 Å². The predicted octanol–water partition coefficient (Wildman–Crippen LogP) is 3.61. The maximum Gasteiger partial charge on any atom is 0.407 e. The van der Waals surface area contributed by atoms with Gasteiger partial charge in [-0.15, -0.1) is 0 Å². The Hall–Kier alpha value is -2.29. The summed E-state index contributed by atoms with van der Waals surface area (Å²) in [4.78, 5) is 12.3. The van der Waals surface area contributed by atoms with Crippen LogP contribution < -0.4 is 0 Å². The second-order valence-corrected chi connectivity index (χ2v) is 4.73. The highest BCUT2D eigenvalue weighted by Crippen LogP contribution is 2.29. The third-order valence-corrected chi connectivity index (χ3v) is 3.62. The molecule has 19 heavy (non-hydrogen) atoms. The lowest BCUT2D eigenvalue weighted by molar-refractivity contribution is 0.150. The number of amides is 1. The molecule has 0 aliphatic carbocycles. The lowest BCUT2D eigenvalue weighted by Crippen LogP contribution is -2.33. The summed E-state index contributed by atoms with van der Waals surface area (Å²) in [6.45, 7) is 1.05. The molecule has 0 saturated carbocycles. The van der Waals surface area contributed by atoms with Gasteiger partial charge in [-0.25, -0.2) is 4.79 Å². The maximum atomic E-state index is 10.9. The molecule has 0 saturated heterocycles. The van der Waals surface area contributed by atoms with Crippen LogP contribution in [0, 0.1) is 0 Å². The van der Waals surface area contributed by atoms with Gasteiger partial charge in [0.05, 0.1) is 0 Å². The summed E-state index contributed by atoms with van der Waals surface area (Å²) in [6.07, 6.45) is 1.97. The predicted molar refractivity (Wildman–Crippen MR) is 76.1 cm³/mol. The van der Waals surface area contributed by atoms with Crippen LogP contribution in [0.1, 0.15) is 12.0 Å². The Morgan fingerprint density at radius 2 is 1.89 bits per heavy atom. The van der Waals surface area contributed by atoms with E-state index >= 15 is 0 Å². The number of fused-ring (bicyclic) bond motifs is 1. The van der Waals surface area contributed by atoms with E-state index in [0.717, 1.165) is 6.42 Å². The lowest BCUT2D eigenvalue weighted by atomic mass is 9.94. The molecular weight excluding hydrogens is 238 g/mol. The van der Waals surface area contributed by atoms with Crippen molar-refractivity contribution in [3.8, 4) is 0 Å². The van der Waals surface area contributed by atoms with Crippen molar-refractivity contribution < 1.29 is 9.90 Å². The van der Waals surface area contributed by atoms with Crippen molar-refractivity contribution in [2.75, 3.05) is 13.1 Å². The van der Waals surface area contributed by atoms with Crippen LogP contribution in [0.2, 0.25) is 0 Å². The molecule has 1 aliphatic rings. The highest BCUT2D eigenvalue weighted by molar-refractivity contribution is 5.94.